The van der Waals surface area contributed by atoms with E-state index >= 15 is 0 Å². The highest BCUT2D eigenvalue weighted by molar-refractivity contribution is 5.95. The van der Waals surface area contributed by atoms with Crippen molar-refractivity contribution in [2.75, 3.05) is 36.0 Å². The Morgan fingerprint density at radius 2 is 1.00 bits per heavy atom. The van der Waals surface area contributed by atoms with E-state index in [4.69, 9.17) is 8.83 Å². The zero-order valence-electron chi connectivity index (χ0n) is 22.1. The van der Waals surface area contributed by atoms with Gasteiger partial charge in [0.1, 0.15) is 12.1 Å². The SMILES string of the molecule is N#Cc1nc(-c2cccc3ccccc23)oc1N1CCCN(c2oc(-c3cccc4ccccc34)nc2C#N)CC1. The zero-order valence-corrected chi connectivity index (χ0v) is 22.1. The lowest BCUT2D eigenvalue weighted by Gasteiger charge is -2.21. The highest BCUT2D eigenvalue weighted by Crippen LogP contribution is 2.35. The van der Waals surface area contributed by atoms with E-state index in [0.717, 1.165) is 39.1 Å². The van der Waals surface area contributed by atoms with Crippen LogP contribution in [-0.2, 0) is 0 Å². The minimum atomic E-state index is 0.261. The maximum atomic E-state index is 9.91. The van der Waals surface area contributed by atoms with Crippen molar-refractivity contribution in [3.05, 3.63) is 96.3 Å². The van der Waals surface area contributed by atoms with E-state index in [1.165, 1.54) is 0 Å². The van der Waals surface area contributed by atoms with Crippen LogP contribution in [0.1, 0.15) is 17.8 Å². The highest BCUT2D eigenvalue weighted by atomic mass is 16.4. The summed E-state index contributed by atoms with van der Waals surface area (Å²) in [7, 11) is 0. The molecule has 1 aliphatic heterocycles. The van der Waals surface area contributed by atoms with Crippen molar-refractivity contribution in [1.29, 1.82) is 10.5 Å². The van der Waals surface area contributed by atoms with Crippen molar-refractivity contribution in [2.24, 2.45) is 0 Å². The first-order valence-electron chi connectivity index (χ1n) is 13.5. The van der Waals surface area contributed by atoms with E-state index in [-0.39, 0.29) is 11.4 Å². The molecule has 1 fully saturated rings. The fraction of sp³-hybridized carbons (Fsp3) is 0.152. The van der Waals surface area contributed by atoms with Gasteiger partial charge in [-0.25, -0.2) is 0 Å². The van der Waals surface area contributed by atoms with Gasteiger partial charge in [0, 0.05) is 37.3 Å². The Balaban J connectivity index is 1.18. The van der Waals surface area contributed by atoms with Gasteiger partial charge >= 0.3 is 0 Å². The zero-order chi connectivity index (χ0) is 27.8. The fourth-order valence-electron chi connectivity index (χ4n) is 5.58. The Morgan fingerprint density at radius 3 is 1.46 bits per heavy atom. The van der Waals surface area contributed by atoms with Crippen LogP contribution >= 0.6 is 0 Å². The first kappa shape index (κ1) is 24.4. The van der Waals surface area contributed by atoms with Crippen molar-refractivity contribution in [2.45, 2.75) is 6.42 Å². The molecule has 6 aromatic rings. The second kappa shape index (κ2) is 10.2. The van der Waals surface area contributed by atoms with E-state index < -0.39 is 0 Å². The van der Waals surface area contributed by atoms with Crippen molar-refractivity contribution in [3.8, 4) is 35.0 Å². The molecule has 0 saturated carbocycles. The Labute approximate surface area is 236 Å². The van der Waals surface area contributed by atoms with Crippen molar-refractivity contribution in [1.82, 2.24) is 9.97 Å². The molecule has 0 unspecified atom stereocenters. The first-order chi connectivity index (χ1) is 20.2. The third kappa shape index (κ3) is 4.32. The van der Waals surface area contributed by atoms with Crippen molar-refractivity contribution >= 4 is 33.3 Å². The summed E-state index contributed by atoms with van der Waals surface area (Å²) in [5.41, 5.74) is 2.22. The third-order valence-electron chi connectivity index (χ3n) is 7.54. The second-order valence-corrected chi connectivity index (χ2v) is 9.95. The monoisotopic (exact) mass is 536 g/mol. The summed E-state index contributed by atoms with van der Waals surface area (Å²) < 4.78 is 12.5. The molecule has 0 spiro atoms. The third-order valence-corrected chi connectivity index (χ3v) is 7.54. The number of oxazole rings is 2. The van der Waals surface area contributed by atoms with E-state index in [9.17, 15) is 10.5 Å². The molecule has 3 heterocycles. The molecule has 198 valence electrons. The molecule has 0 aliphatic carbocycles. The topological polar surface area (TPSA) is 106 Å². The number of aromatic nitrogens is 2. The summed E-state index contributed by atoms with van der Waals surface area (Å²) in [5.74, 6) is 1.78. The summed E-state index contributed by atoms with van der Waals surface area (Å²) in [5, 5.41) is 24.0. The summed E-state index contributed by atoms with van der Waals surface area (Å²) in [6.07, 6.45) is 0.768. The maximum Gasteiger partial charge on any atom is 0.235 e. The molecule has 41 heavy (non-hydrogen) atoms. The summed E-state index contributed by atoms with van der Waals surface area (Å²) in [6.45, 7) is 2.46. The van der Waals surface area contributed by atoms with Crippen LogP contribution in [-0.4, -0.2) is 36.1 Å². The van der Waals surface area contributed by atoms with Gasteiger partial charge in [-0.05, 0) is 40.1 Å². The predicted molar refractivity (Wildman–Crippen MR) is 157 cm³/mol. The van der Waals surface area contributed by atoms with E-state index in [1.807, 2.05) is 94.7 Å². The molecular formula is C33H24N6O2. The molecule has 7 rings (SSSR count). The van der Waals surface area contributed by atoms with Crippen LogP contribution in [0.25, 0.3) is 44.5 Å². The summed E-state index contributed by atoms with van der Waals surface area (Å²) >= 11 is 0. The molecule has 0 bridgehead atoms. The number of benzene rings is 4. The first-order valence-corrected chi connectivity index (χ1v) is 13.5. The molecule has 0 atom stereocenters. The standard InChI is InChI=1S/C33H24N6O2/c34-20-28-32(40-30(36-28)26-14-5-10-22-8-1-3-12-24(22)26)38-16-7-17-39(19-18-38)33-29(21-35)37-31(41-33)27-15-6-11-23-9-2-4-13-25(23)27/h1-6,8-15H,7,16-19H2. The lowest BCUT2D eigenvalue weighted by atomic mass is 10.0. The van der Waals surface area contributed by atoms with Gasteiger partial charge in [0.25, 0.3) is 0 Å². The summed E-state index contributed by atoms with van der Waals surface area (Å²) in [4.78, 5) is 13.2. The minimum Gasteiger partial charge on any atom is -0.419 e. The van der Waals surface area contributed by atoms with Crippen LogP contribution in [0, 0.1) is 22.7 Å². The summed E-state index contributed by atoms with van der Waals surface area (Å²) in [6, 6.07) is 32.5. The maximum absolute atomic E-state index is 9.91. The molecule has 1 saturated heterocycles. The Kier molecular flexibility index (Phi) is 6.07. The van der Waals surface area contributed by atoms with Gasteiger partial charge in [-0.15, -0.1) is 0 Å². The van der Waals surface area contributed by atoms with Crippen LogP contribution in [0.2, 0.25) is 0 Å². The molecule has 0 N–H and O–H groups in total. The molecule has 1 aliphatic rings. The van der Waals surface area contributed by atoms with Crippen LogP contribution in [0.4, 0.5) is 11.8 Å². The average molecular weight is 537 g/mol. The number of rotatable bonds is 4. The van der Waals surface area contributed by atoms with Crippen molar-refractivity contribution < 1.29 is 8.83 Å². The van der Waals surface area contributed by atoms with Gasteiger partial charge in [0.15, 0.2) is 0 Å². The Bertz CT molecular complexity index is 1840. The highest BCUT2D eigenvalue weighted by Gasteiger charge is 2.27. The van der Waals surface area contributed by atoms with Gasteiger partial charge in [0.05, 0.1) is 0 Å². The molecular weight excluding hydrogens is 512 g/mol. The average Bonchev–Trinajstić information content (AvgIpc) is 3.58. The fourth-order valence-corrected chi connectivity index (χ4v) is 5.58. The van der Waals surface area contributed by atoms with Crippen molar-refractivity contribution in [3.63, 3.8) is 0 Å². The molecule has 8 nitrogen and oxygen atoms in total. The van der Waals surface area contributed by atoms with Gasteiger partial charge < -0.3 is 18.6 Å². The largest absolute Gasteiger partial charge is 0.419 e. The van der Waals surface area contributed by atoms with Crippen LogP contribution in [0.5, 0.6) is 0 Å². The molecule has 0 radical (unpaired) electrons. The van der Waals surface area contributed by atoms with E-state index in [1.54, 1.807) is 0 Å². The number of nitrogens with zero attached hydrogens (tertiary/aromatic N) is 6. The number of anilines is 2. The number of hydrogen-bond donors (Lipinski definition) is 0. The van der Waals surface area contributed by atoms with Crippen LogP contribution < -0.4 is 9.80 Å². The predicted octanol–water partition coefficient (Wildman–Crippen LogP) is 6.76. The Morgan fingerprint density at radius 1 is 0.561 bits per heavy atom. The molecule has 8 heteroatoms. The molecule has 0 amide bonds. The van der Waals surface area contributed by atoms with E-state index in [0.29, 0.717) is 49.7 Å². The normalized spacial score (nSPS) is 13.7. The van der Waals surface area contributed by atoms with E-state index in [2.05, 4.69) is 22.1 Å². The lowest BCUT2D eigenvalue weighted by Crippen LogP contribution is -2.31. The smallest absolute Gasteiger partial charge is 0.235 e. The Hall–Kier alpha value is -5.60. The number of hydrogen-bond acceptors (Lipinski definition) is 8. The second-order valence-electron chi connectivity index (χ2n) is 9.95. The van der Waals surface area contributed by atoms with Gasteiger partial charge in [-0.1, -0.05) is 72.8 Å². The van der Waals surface area contributed by atoms with Gasteiger partial charge in [-0.3, -0.25) is 0 Å². The van der Waals surface area contributed by atoms with Gasteiger partial charge in [-0.2, -0.15) is 20.5 Å². The number of fused-ring (bicyclic) bond motifs is 2. The quantitative estimate of drug-likeness (QED) is 0.243. The van der Waals surface area contributed by atoms with Crippen LogP contribution in [0.15, 0.2) is 93.8 Å². The molecule has 2 aromatic heterocycles. The van der Waals surface area contributed by atoms with Gasteiger partial charge in [0.2, 0.25) is 34.9 Å². The number of nitriles is 2. The lowest BCUT2D eigenvalue weighted by molar-refractivity contribution is 0.548. The molecule has 4 aromatic carbocycles. The van der Waals surface area contributed by atoms with Crippen LogP contribution in [0.3, 0.4) is 0 Å². The minimum absolute atomic E-state index is 0.261.